The van der Waals surface area contributed by atoms with Gasteiger partial charge in [0.15, 0.2) is 5.78 Å². The van der Waals surface area contributed by atoms with Crippen LogP contribution in [0.5, 0.6) is 0 Å². The number of carbonyl (C=O) groups is 1. The summed E-state index contributed by atoms with van der Waals surface area (Å²) in [7, 11) is 0. The molecular weight excluding hydrogens is 235 g/mol. The van der Waals surface area contributed by atoms with Crippen LogP contribution in [0.1, 0.15) is 22.8 Å². The summed E-state index contributed by atoms with van der Waals surface area (Å²) < 4.78 is 13.6. The van der Waals surface area contributed by atoms with Crippen LogP contribution in [0.15, 0.2) is 16.6 Å². The Morgan fingerprint density at radius 3 is 2.92 bits per heavy atom. The van der Waals surface area contributed by atoms with E-state index in [2.05, 4.69) is 15.9 Å². The molecule has 2 rings (SSSR count). The van der Waals surface area contributed by atoms with Crippen LogP contribution >= 0.6 is 15.9 Å². The Labute approximate surface area is 84.1 Å². The van der Waals surface area contributed by atoms with Crippen molar-refractivity contribution in [2.24, 2.45) is 5.92 Å². The number of benzene rings is 1. The van der Waals surface area contributed by atoms with Crippen molar-refractivity contribution in [3.63, 3.8) is 0 Å². The van der Waals surface area contributed by atoms with Gasteiger partial charge in [-0.2, -0.15) is 0 Å². The van der Waals surface area contributed by atoms with Crippen molar-refractivity contribution in [2.45, 2.75) is 13.3 Å². The maximum Gasteiger partial charge on any atom is 0.166 e. The van der Waals surface area contributed by atoms with Crippen molar-refractivity contribution < 1.29 is 9.18 Å². The van der Waals surface area contributed by atoms with Crippen LogP contribution in [-0.2, 0) is 6.42 Å². The molecule has 0 aromatic heterocycles. The van der Waals surface area contributed by atoms with E-state index in [1.165, 1.54) is 12.1 Å². The molecular formula is C10H8BrFO. The summed E-state index contributed by atoms with van der Waals surface area (Å²) in [5, 5.41) is 0. The Balaban J connectivity index is 2.64. The molecule has 0 saturated heterocycles. The summed E-state index contributed by atoms with van der Waals surface area (Å²) in [6, 6.07) is 2.73. The highest BCUT2D eigenvalue weighted by Crippen LogP contribution is 2.32. The van der Waals surface area contributed by atoms with E-state index >= 15 is 0 Å². The molecule has 0 aliphatic heterocycles. The summed E-state index contributed by atoms with van der Waals surface area (Å²) in [5.41, 5.74) is 1.48. The average molecular weight is 243 g/mol. The number of halogens is 2. The van der Waals surface area contributed by atoms with Crippen LogP contribution in [0.4, 0.5) is 4.39 Å². The first-order valence-electron chi connectivity index (χ1n) is 4.11. The van der Waals surface area contributed by atoms with E-state index in [0.29, 0.717) is 10.0 Å². The molecule has 0 N–H and O–H groups in total. The zero-order valence-corrected chi connectivity index (χ0v) is 8.69. The lowest BCUT2D eigenvalue weighted by Crippen LogP contribution is -2.02. The maximum absolute atomic E-state index is 12.9. The monoisotopic (exact) mass is 242 g/mol. The smallest absolute Gasteiger partial charge is 0.166 e. The van der Waals surface area contributed by atoms with Crippen LogP contribution < -0.4 is 0 Å². The highest BCUT2D eigenvalue weighted by molar-refractivity contribution is 9.10. The molecule has 0 radical (unpaired) electrons. The molecule has 1 atom stereocenters. The van der Waals surface area contributed by atoms with Gasteiger partial charge < -0.3 is 0 Å². The van der Waals surface area contributed by atoms with Crippen molar-refractivity contribution >= 4 is 21.7 Å². The fourth-order valence-electron chi connectivity index (χ4n) is 1.70. The zero-order chi connectivity index (χ0) is 9.59. The molecule has 13 heavy (non-hydrogen) atoms. The molecule has 1 aromatic rings. The minimum Gasteiger partial charge on any atom is -0.294 e. The first-order chi connectivity index (χ1) is 6.09. The van der Waals surface area contributed by atoms with Gasteiger partial charge in [0, 0.05) is 16.0 Å². The second-order valence-corrected chi connectivity index (χ2v) is 4.24. The molecule has 0 fully saturated rings. The first kappa shape index (κ1) is 8.88. The number of rotatable bonds is 0. The van der Waals surface area contributed by atoms with Crippen molar-refractivity contribution in [1.82, 2.24) is 0 Å². The van der Waals surface area contributed by atoms with Crippen molar-refractivity contribution in [2.75, 3.05) is 0 Å². The third-order valence-electron chi connectivity index (χ3n) is 2.38. The summed E-state index contributed by atoms with van der Waals surface area (Å²) in [4.78, 5) is 11.5. The summed E-state index contributed by atoms with van der Waals surface area (Å²) in [5.74, 6) is -0.309. The summed E-state index contributed by atoms with van der Waals surface area (Å²) in [6.07, 6.45) is 0.717. The number of ketones is 1. The van der Waals surface area contributed by atoms with Gasteiger partial charge in [0.2, 0.25) is 0 Å². The zero-order valence-electron chi connectivity index (χ0n) is 7.10. The molecule has 1 nitrogen and oxygen atoms in total. The van der Waals surface area contributed by atoms with Gasteiger partial charge in [0.25, 0.3) is 0 Å². The molecule has 0 spiro atoms. The first-order valence-corrected chi connectivity index (χ1v) is 4.91. The third-order valence-corrected chi connectivity index (χ3v) is 3.09. The van der Waals surface area contributed by atoms with Crippen LogP contribution in [-0.4, -0.2) is 5.78 Å². The Morgan fingerprint density at radius 1 is 1.54 bits per heavy atom. The fraction of sp³-hybridized carbons (Fsp3) is 0.300. The normalized spacial score (nSPS) is 20.5. The maximum atomic E-state index is 12.9. The number of carbonyl (C=O) groups excluding carboxylic acids is 1. The summed E-state index contributed by atoms with van der Waals surface area (Å²) >= 11 is 3.26. The average Bonchev–Trinajstić information content (AvgIpc) is 2.32. The molecule has 1 aliphatic carbocycles. The Kier molecular flexibility index (Phi) is 1.99. The van der Waals surface area contributed by atoms with E-state index in [9.17, 15) is 9.18 Å². The second kappa shape index (κ2) is 2.91. The number of hydrogen-bond acceptors (Lipinski definition) is 1. The molecule has 3 heteroatoms. The molecule has 1 aromatic carbocycles. The minimum atomic E-state index is -0.354. The topological polar surface area (TPSA) is 17.1 Å². The van der Waals surface area contributed by atoms with Gasteiger partial charge in [0.05, 0.1) is 0 Å². The van der Waals surface area contributed by atoms with Crippen molar-refractivity contribution in [3.8, 4) is 0 Å². The predicted molar refractivity (Wildman–Crippen MR) is 51.3 cm³/mol. The van der Waals surface area contributed by atoms with E-state index in [0.717, 1.165) is 12.0 Å². The Morgan fingerprint density at radius 2 is 2.23 bits per heavy atom. The van der Waals surface area contributed by atoms with Crippen LogP contribution in [0.2, 0.25) is 0 Å². The number of Topliss-reactive ketones (excluding diaryl/α,β-unsaturated/α-hetero) is 1. The molecule has 0 unspecified atom stereocenters. The van der Waals surface area contributed by atoms with Gasteiger partial charge in [-0.1, -0.05) is 22.9 Å². The molecule has 68 valence electrons. The Hall–Kier alpha value is -0.700. The van der Waals surface area contributed by atoms with Crippen LogP contribution in [0.25, 0.3) is 0 Å². The predicted octanol–water partition coefficient (Wildman–Crippen LogP) is 2.96. The van der Waals surface area contributed by atoms with E-state index in [-0.39, 0.29) is 17.5 Å². The quantitative estimate of drug-likeness (QED) is 0.684. The molecule has 1 aliphatic rings. The molecule has 0 bridgehead atoms. The SMILES string of the molecule is C[C@@H]1Cc2c(Br)cc(F)cc2C1=O. The molecule has 0 saturated carbocycles. The second-order valence-electron chi connectivity index (χ2n) is 3.38. The van der Waals surface area contributed by atoms with E-state index < -0.39 is 0 Å². The Bertz CT molecular complexity index is 387. The number of fused-ring (bicyclic) bond motifs is 1. The third kappa shape index (κ3) is 1.31. The highest BCUT2D eigenvalue weighted by atomic mass is 79.9. The van der Waals surface area contributed by atoms with Gasteiger partial charge in [0.1, 0.15) is 5.82 Å². The van der Waals surface area contributed by atoms with E-state index in [1.54, 1.807) is 0 Å². The van der Waals surface area contributed by atoms with E-state index in [1.807, 2.05) is 6.92 Å². The molecule has 0 heterocycles. The van der Waals surface area contributed by atoms with Crippen LogP contribution in [0, 0.1) is 11.7 Å². The van der Waals surface area contributed by atoms with E-state index in [4.69, 9.17) is 0 Å². The summed E-state index contributed by atoms with van der Waals surface area (Å²) in [6.45, 7) is 1.87. The highest BCUT2D eigenvalue weighted by Gasteiger charge is 2.28. The van der Waals surface area contributed by atoms with Gasteiger partial charge in [-0.3, -0.25) is 4.79 Å². The minimum absolute atomic E-state index is 0.00639. The lowest BCUT2D eigenvalue weighted by molar-refractivity contribution is 0.0946. The fourth-order valence-corrected chi connectivity index (χ4v) is 2.29. The van der Waals surface area contributed by atoms with Gasteiger partial charge in [-0.25, -0.2) is 4.39 Å². The number of hydrogen-bond donors (Lipinski definition) is 0. The molecule has 0 amide bonds. The van der Waals surface area contributed by atoms with Gasteiger partial charge >= 0.3 is 0 Å². The largest absolute Gasteiger partial charge is 0.294 e. The van der Waals surface area contributed by atoms with Crippen molar-refractivity contribution in [1.29, 1.82) is 0 Å². The van der Waals surface area contributed by atoms with Crippen LogP contribution in [0.3, 0.4) is 0 Å². The standard InChI is InChI=1S/C10H8BrFO/c1-5-2-7-8(10(5)13)3-6(12)4-9(7)11/h3-5H,2H2,1H3/t5-/m1/s1. The van der Waals surface area contributed by atoms with Gasteiger partial charge in [-0.05, 0) is 24.1 Å². The lowest BCUT2D eigenvalue weighted by atomic mass is 10.1. The van der Waals surface area contributed by atoms with Gasteiger partial charge in [-0.15, -0.1) is 0 Å². The lowest BCUT2D eigenvalue weighted by Gasteiger charge is -2.00. The van der Waals surface area contributed by atoms with Crippen molar-refractivity contribution in [3.05, 3.63) is 33.5 Å².